The first-order chi connectivity index (χ1) is 16.1. The molecule has 0 aliphatic carbocycles. The van der Waals surface area contributed by atoms with Gasteiger partial charge in [-0.3, -0.25) is 4.98 Å². The molecule has 34 heavy (non-hydrogen) atoms. The number of halogens is 3. The minimum atomic E-state index is -4.50. The summed E-state index contributed by atoms with van der Waals surface area (Å²) in [7, 11) is -3.96. The minimum Gasteiger partial charge on any atom is -0.255 e. The molecule has 0 saturated heterocycles. The second-order valence-corrected chi connectivity index (χ2v) is 9.70. The Balaban J connectivity index is 1.72. The highest BCUT2D eigenvalue weighted by molar-refractivity contribution is 7.89. The smallest absolute Gasteiger partial charge is 0.255 e. The molecule has 2 N–H and O–H groups in total. The minimum absolute atomic E-state index is 0.0597. The lowest BCUT2D eigenvalue weighted by molar-refractivity contribution is -0.136. The van der Waals surface area contributed by atoms with Crippen LogP contribution in [-0.2, 0) is 29.0 Å². The molecule has 4 rings (SSSR count). The maximum atomic E-state index is 13.5. The number of hydrogen-bond donors (Lipinski definition) is 1. The monoisotopic (exact) mass is 484 g/mol. The van der Waals surface area contributed by atoms with E-state index in [-0.39, 0.29) is 10.4 Å². The molecule has 0 spiro atoms. The number of sulfonamides is 1. The van der Waals surface area contributed by atoms with E-state index in [1.54, 1.807) is 12.1 Å². The normalized spacial score (nSPS) is 12.3. The number of rotatable bonds is 6. The molecule has 0 radical (unpaired) electrons. The van der Waals surface area contributed by atoms with Crippen LogP contribution in [0.3, 0.4) is 0 Å². The number of alkyl halides is 3. The number of nitrogens with two attached hydrogens (primary N) is 1. The van der Waals surface area contributed by atoms with Crippen molar-refractivity contribution in [2.75, 3.05) is 0 Å². The van der Waals surface area contributed by atoms with Gasteiger partial charge in [-0.25, -0.2) is 13.6 Å². The zero-order valence-electron chi connectivity index (χ0n) is 18.4. The van der Waals surface area contributed by atoms with Crippen molar-refractivity contribution in [2.45, 2.75) is 37.3 Å². The summed E-state index contributed by atoms with van der Waals surface area (Å²) in [5.74, 6) is 0. The molecule has 3 aromatic carbocycles. The molecule has 1 aromatic heterocycles. The molecule has 0 unspecified atom stereocenters. The van der Waals surface area contributed by atoms with Crippen molar-refractivity contribution >= 4 is 20.9 Å². The van der Waals surface area contributed by atoms with E-state index in [2.05, 4.69) is 4.98 Å². The van der Waals surface area contributed by atoms with E-state index in [1.165, 1.54) is 18.3 Å². The first kappa shape index (κ1) is 23.9. The second-order valence-electron chi connectivity index (χ2n) is 8.17. The van der Waals surface area contributed by atoms with E-state index < -0.39 is 21.8 Å². The maximum absolute atomic E-state index is 13.5. The van der Waals surface area contributed by atoms with Crippen LogP contribution in [0.15, 0.2) is 77.8 Å². The van der Waals surface area contributed by atoms with E-state index >= 15 is 0 Å². The number of nitrogens with zero attached hydrogens (tertiary/aromatic N) is 1. The van der Waals surface area contributed by atoms with Gasteiger partial charge in [-0.2, -0.15) is 13.2 Å². The highest BCUT2D eigenvalue weighted by Gasteiger charge is 2.33. The number of benzene rings is 3. The Morgan fingerprint density at radius 3 is 2.24 bits per heavy atom. The Hall–Kier alpha value is -3.23. The van der Waals surface area contributed by atoms with Gasteiger partial charge in [-0.15, -0.1) is 0 Å². The number of pyridine rings is 1. The van der Waals surface area contributed by atoms with Gasteiger partial charge in [-0.1, -0.05) is 54.6 Å². The topological polar surface area (TPSA) is 73.0 Å². The van der Waals surface area contributed by atoms with Gasteiger partial charge >= 0.3 is 6.18 Å². The van der Waals surface area contributed by atoms with Crippen LogP contribution in [0.2, 0.25) is 0 Å². The summed E-state index contributed by atoms with van der Waals surface area (Å²) in [5, 5.41) is 5.96. The molecule has 0 fully saturated rings. The standard InChI is InChI=1S/C26H23F3N2O2S/c1-17-16-31-25-22(13-6-14-23(25)26(27,28)29)19(17)10-5-12-21-20(18-8-3-2-4-9-18)11-7-15-24(21)34(30,32)33/h2-4,6-9,11,13-16H,5,10,12H2,1H3,(H2,30,32,33). The van der Waals surface area contributed by atoms with E-state index in [9.17, 15) is 21.6 Å². The average Bonchev–Trinajstić information content (AvgIpc) is 2.79. The van der Waals surface area contributed by atoms with Crippen molar-refractivity contribution < 1.29 is 21.6 Å². The largest absolute Gasteiger partial charge is 0.418 e. The summed E-state index contributed by atoms with van der Waals surface area (Å²) in [6.07, 6.45) is -1.68. The molecule has 0 atom stereocenters. The van der Waals surface area contributed by atoms with Gasteiger partial charge in [-0.05, 0) is 66.1 Å². The van der Waals surface area contributed by atoms with Gasteiger partial charge in [0.05, 0.1) is 16.0 Å². The summed E-state index contributed by atoms with van der Waals surface area (Å²) in [6.45, 7) is 1.82. The summed E-state index contributed by atoms with van der Waals surface area (Å²) >= 11 is 0. The molecule has 0 saturated carbocycles. The van der Waals surface area contributed by atoms with Crippen LogP contribution in [0.1, 0.15) is 28.7 Å². The number of primary sulfonamides is 1. The summed E-state index contributed by atoms with van der Waals surface area (Å²) in [5.41, 5.74) is 2.94. The predicted molar refractivity (Wildman–Crippen MR) is 127 cm³/mol. The van der Waals surface area contributed by atoms with E-state index in [0.29, 0.717) is 30.2 Å². The lowest BCUT2D eigenvalue weighted by atomic mass is 9.93. The second kappa shape index (κ2) is 9.19. The fraction of sp³-hybridized carbons (Fsp3) is 0.192. The van der Waals surface area contributed by atoms with Gasteiger partial charge in [0.15, 0.2) is 0 Å². The third kappa shape index (κ3) is 4.83. The molecule has 0 amide bonds. The Bertz CT molecular complexity index is 1450. The third-order valence-corrected chi connectivity index (χ3v) is 6.90. The summed E-state index contributed by atoms with van der Waals surface area (Å²) in [6, 6.07) is 18.5. The zero-order valence-corrected chi connectivity index (χ0v) is 19.2. The molecule has 8 heteroatoms. The van der Waals surface area contributed by atoms with Crippen LogP contribution in [0.4, 0.5) is 13.2 Å². The fourth-order valence-electron chi connectivity index (χ4n) is 4.36. The number of aromatic nitrogens is 1. The van der Waals surface area contributed by atoms with Crippen molar-refractivity contribution in [1.82, 2.24) is 4.98 Å². The van der Waals surface area contributed by atoms with Crippen LogP contribution in [0, 0.1) is 6.92 Å². The molecule has 4 nitrogen and oxygen atoms in total. The maximum Gasteiger partial charge on any atom is 0.418 e. The molecule has 176 valence electrons. The molecule has 0 aliphatic heterocycles. The molecule has 1 heterocycles. The predicted octanol–water partition coefficient (Wildman–Crippen LogP) is 6.05. The Morgan fingerprint density at radius 2 is 1.56 bits per heavy atom. The van der Waals surface area contributed by atoms with Crippen LogP contribution >= 0.6 is 0 Å². The van der Waals surface area contributed by atoms with Gasteiger partial charge < -0.3 is 0 Å². The SMILES string of the molecule is Cc1cnc2c(C(F)(F)F)cccc2c1CCCc1c(-c2ccccc2)cccc1S(N)(=O)=O. The van der Waals surface area contributed by atoms with Crippen LogP contribution in [0.25, 0.3) is 22.0 Å². The first-order valence-corrected chi connectivity index (χ1v) is 12.3. The Labute approximate surface area is 196 Å². The van der Waals surface area contributed by atoms with E-state index in [1.807, 2.05) is 43.3 Å². The summed E-state index contributed by atoms with van der Waals surface area (Å²) in [4.78, 5) is 4.12. The first-order valence-electron chi connectivity index (χ1n) is 10.7. The third-order valence-electron chi connectivity index (χ3n) is 5.91. The quantitative estimate of drug-likeness (QED) is 0.362. The highest BCUT2D eigenvalue weighted by atomic mass is 32.2. The van der Waals surface area contributed by atoms with Crippen molar-refractivity contribution in [2.24, 2.45) is 5.14 Å². The van der Waals surface area contributed by atoms with E-state index in [4.69, 9.17) is 5.14 Å². The van der Waals surface area contributed by atoms with Crippen molar-refractivity contribution in [3.05, 3.63) is 95.2 Å². The van der Waals surface area contributed by atoms with Gasteiger partial charge in [0, 0.05) is 11.6 Å². The van der Waals surface area contributed by atoms with Crippen LogP contribution in [0.5, 0.6) is 0 Å². The highest BCUT2D eigenvalue weighted by Crippen LogP contribution is 2.36. The van der Waals surface area contributed by atoms with Gasteiger partial charge in [0.25, 0.3) is 0 Å². The van der Waals surface area contributed by atoms with Crippen LogP contribution in [-0.4, -0.2) is 13.4 Å². The molecule has 4 aromatic rings. The molecule has 0 aliphatic rings. The Kier molecular flexibility index (Phi) is 6.47. The fourth-order valence-corrected chi connectivity index (χ4v) is 5.18. The average molecular weight is 485 g/mol. The van der Waals surface area contributed by atoms with Crippen molar-refractivity contribution in [3.63, 3.8) is 0 Å². The molecular formula is C26H23F3N2O2S. The lowest BCUT2D eigenvalue weighted by Gasteiger charge is -2.16. The number of aryl methyl sites for hydroxylation is 2. The zero-order chi connectivity index (χ0) is 24.5. The lowest BCUT2D eigenvalue weighted by Crippen LogP contribution is -2.15. The van der Waals surface area contributed by atoms with Crippen LogP contribution < -0.4 is 5.14 Å². The van der Waals surface area contributed by atoms with E-state index in [0.717, 1.165) is 28.3 Å². The van der Waals surface area contributed by atoms with Gasteiger partial charge in [0.1, 0.15) is 0 Å². The van der Waals surface area contributed by atoms with Crippen molar-refractivity contribution in [3.8, 4) is 11.1 Å². The molecular weight excluding hydrogens is 461 g/mol. The van der Waals surface area contributed by atoms with Gasteiger partial charge in [0.2, 0.25) is 10.0 Å². The number of para-hydroxylation sites is 1. The number of hydrogen-bond acceptors (Lipinski definition) is 3. The summed E-state index contributed by atoms with van der Waals surface area (Å²) < 4.78 is 65.0. The van der Waals surface area contributed by atoms with Crippen molar-refractivity contribution in [1.29, 1.82) is 0 Å². The molecule has 0 bridgehead atoms. The Morgan fingerprint density at radius 1 is 0.882 bits per heavy atom. The number of fused-ring (bicyclic) bond motifs is 1.